The Morgan fingerprint density at radius 3 is 2.75 bits per heavy atom. The minimum atomic E-state index is -0.0478. The molecule has 20 heavy (non-hydrogen) atoms. The van der Waals surface area contributed by atoms with Crippen molar-refractivity contribution in [3.8, 4) is 0 Å². The van der Waals surface area contributed by atoms with Gasteiger partial charge in [-0.15, -0.1) is 0 Å². The third-order valence-corrected chi connectivity index (χ3v) is 2.81. The molecule has 1 rings (SSSR count). The largest absolute Gasteiger partial charge is 0.392 e. The van der Waals surface area contributed by atoms with Crippen LogP contribution in [0.3, 0.4) is 0 Å². The van der Waals surface area contributed by atoms with Crippen molar-refractivity contribution in [3.63, 3.8) is 0 Å². The molecule has 0 aromatic heterocycles. The first kappa shape index (κ1) is 17.3. The van der Waals surface area contributed by atoms with Crippen LogP contribution in [0.4, 0.5) is 0 Å². The van der Waals surface area contributed by atoms with Gasteiger partial charge in [-0.1, -0.05) is 18.7 Å². The van der Waals surface area contributed by atoms with Gasteiger partial charge in [-0.2, -0.15) is 0 Å². The van der Waals surface area contributed by atoms with E-state index in [0.717, 1.165) is 19.4 Å². The zero-order chi connectivity index (χ0) is 14.5. The highest BCUT2D eigenvalue weighted by Gasteiger charge is 2.13. The molecule has 1 heterocycles. The molecule has 0 bridgehead atoms. The first-order valence-electron chi connectivity index (χ1n) is 7.17. The minimum Gasteiger partial charge on any atom is -0.392 e. The highest BCUT2D eigenvalue weighted by molar-refractivity contribution is 5.14. The number of aliphatic hydroxyl groups excluding tert-OH is 1. The maximum absolute atomic E-state index is 8.72. The SMILES string of the molecule is C=C(/C=C\COCCOCCOC1CCCCO1)CO. The topological polar surface area (TPSA) is 57.2 Å². The fourth-order valence-electron chi connectivity index (χ4n) is 1.72. The molecule has 1 aliphatic heterocycles. The summed E-state index contributed by atoms with van der Waals surface area (Å²) in [5.74, 6) is 0. The number of ether oxygens (including phenoxy) is 4. The molecule has 1 unspecified atom stereocenters. The Morgan fingerprint density at radius 1 is 1.20 bits per heavy atom. The van der Waals surface area contributed by atoms with Crippen molar-refractivity contribution in [3.05, 3.63) is 24.3 Å². The van der Waals surface area contributed by atoms with Gasteiger partial charge in [0.25, 0.3) is 0 Å². The van der Waals surface area contributed by atoms with E-state index in [1.807, 2.05) is 6.08 Å². The van der Waals surface area contributed by atoms with Crippen LogP contribution in [0.5, 0.6) is 0 Å². The van der Waals surface area contributed by atoms with E-state index in [2.05, 4.69) is 6.58 Å². The van der Waals surface area contributed by atoms with Crippen LogP contribution in [-0.2, 0) is 18.9 Å². The number of hydrogen-bond donors (Lipinski definition) is 1. The molecule has 116 valence electrons. The summed E-state index contributed by atoms with van der Waals surface area (Å²) >= 11 is 0. The molecule has 0 spiro atoms. The molecule has 0 radical (unpaired) electrons. The van der Waals surface area contributed by atoms with Crippen molar-refractivity contribution >= 4 is 0 Å². The molecule has 0 amide bonds. The zero-order valence-electron chi connectivity index (χ0n) is 12.1. The van der Waals surface area contributed by atoms with Crippen LogP contribution >= 0.6 is 0 Å². The van der Waals surface area contributed by atoms with Gasteiger partial charge < -0.3 is 24.1 Å². The summed E-state index contributed by atoms with van der Waals surface area (Å²) in [6.45, 7) is 7.11. The lowest BCUT2D eigenvalue weighted by molar-refractivity contribution is -0.169. The molecule has 5 heteroatoms. The van der Waals surface area contributed by atoms with Gasteiger partial charge in [0.05, 0.1) is 39.6 Å². The van der Waals surface area contributed by atoms with E-state index in [0.29, 0.717) is 38.6 Å². The van der Waals surface area contributed by atoms with Gasteiger partial charge in [-0.25, -0.2) is 0 Å². The molecule has 0 aliphatic carbocycles. The van der Waals surface area contributed by atoms with E-state index in [4.69, 9.17) is 24.1 Å². The molecule has 5 nitrogen and oxygen atoms in total. The first-order valence-corrected chi connectivity index (χ1v) is 7.17. The molecule has 1 aliphatic rings. The average molecular weight is 286 g/mol. The van der Waals surface area contributed by atoms with Gasteiger partial charge in [0.15, 0.2) is 6.29 Å². The van der Waals surface area contributed by atoms with Crippen LogP contribution in [0.1, 0.15) is 19.3 Å². The molecule has 0 saturated carbocycles. The maximum Gasteiger partial charge on any atom is 0.157 e. The predicted octanol–water partition coefficient (Wildman–Crippen LogP) is 1.67. The van der Waals surface area contributed by atoms with Gasteiger partial charge in [0.2, 0.25) is 0 Å². The normalized spacial score (nSPS) is 19.6. The summed E-state index contributed by atoms with van der Waals surface area (Å²) in [5.41, 5.74) is 0.673. The Kier molecular flexibility index (Phi) is 10.4. The van der Waals surface area contributed by atoms with Crippen LogP contribution in [0.25, 0.3) is 0 Å². The second-order valence-corrected chi connectivity index (χ2v) is 4.57. The second-order valence-electron chi connectivity index (χ2n) is 4.57. The van der Waals surface area contributed by atoms with Crippen molar-refractivity contribution in [2.45, 2.75) is 25.6 Å². The Labute approximate surface area is 121 Å². The van der Waals surface area contributed by atoms with Crippen LogP contribution in [0.15, 0.2) is 24.3 Å². The molecule has 0 aromatic rings. The molecule has 0 aromatic carbocycles. The van der Waals surface area contributed by atoms with Crippen molar-refractivity contribution in [2.24, 2.45) is 0 Å². The smallest absolute Gasteiger partial charge is 0.157 e. The van der Waals surface area contributed by atoms with E-state index in [1.54, 1.807) is 6.08 Å². The Balaban J connectivity index is 1.80. The highest BCUT2D eigenvalue weighted by atomic mass is 16.7. The quantitative estimate of drug-likeness (QED) is 0.462. The van der Waals surface area contributed by atoms with Crippen molar-refractivity contribution in [1.29, 1.82) is 0 Å². The first-order chi connectivity index (χ1) is 9.83. The summed E-state index contributed by atoms with van der Waals surface area (Å²) in [7, 11) is 0. The van der Waals surface area contributed by atoms with Crippen LogP contribution < -0.4 is 0 Å². The van der Waals surface area contributed by atoms with Gasteiger partial charge >= 0.3 is 0 Å². The van der Waals surface area contributed by atoms with E-state index in [9.17, 15) is 0 Å². The summed E-state index contributed by atoms with van der Waals surface area (Å²) in [4.78, 5) is 0. The molecule has 1 saturated heterocycles. The Morgan fingerprint density at radius 2 is 2.00 bits per heavy atom. The number of rotatable bonds is 11. The summed E-state index contributed by atoms with van der Waals surface area (Å²) < 4.78 is 21.7. The number of hydrogen-bond acceptors (Lipinski definition) is 5. The molecule has 1 atom stereocenters. The van der Waals surface area contributed by atoms with E-state index in [-0.39, 0.29) is 12.9 Å². The molecule has 1 N–H and O–H groups in total. The Hall–Kier alpha value is -0.720. The lowest BCUT2D eigenvalue weighted by Gasteiger charge is -2.22. The third-order valence-electron chi connectivity index (χ3n) is 2.81. The monoisotopic (exact) mass is 286 g/mol. The fraction of sp³-hybridized carbons (Fsp3) is 0.733. The standard InChI is InChI=1S/C15H26O5/c1-14(13-16)5-4-7-17-9-10-18-11-12-20-15-6-2-3-8-19-15/h4-5,15-16H,1-3,6-13H2/b5-4-. The van der Waals surface area contributed by atoms with Crippen LogP contribution in [-0.4, -0.2) is 57.6 Å². The van der Waals surface area contributed by atoms with E-state index >= 15 is 0 Å². The fourth-order valence-corrected chi connectivity index (χ4v) is 1.72. The lowest BCUT2D eigenvalue weighted by atomic mass is 10.2. The minimum absolute atomic E-state index is 0.0235. The summed E-state index contributed by atoms with van der Waals surface area (Å²) in [6.07, 6.45) is 6.81. The average Bonchev–Trinajstić information content (AvgIpc) is 2.50. The Bertz CT molecular complexity index is 271. The third kappa shape index (κ3) is 9.23. The zero-order valence-corrected chi connectivity index (χ0v) is 12.1. The highest BCUT2D eigenvalue weighted by Crippen LogP contribution is 2.13. The van der Waals surface area contributed by atoms with Gasteiger partial charge in [0.1, 0.15) is 0 Å². The molecular weight excluding hydrogens is 260 g/mol. The van der Waals surface area contributed by atoms with Crippen molar-refractivity contribution in [2.75, 3.05) is 46.2 Å². The van der Waals surface area contributed by atoms with Crippen molar-refractivity contribution in [1.82, 2.24) is 0 Å². The van der Waals surface area contributed by atoms with Gasteiger partial charge in [-0.05, 0) is 24.8 Å². The van der Waals surface area contributed by atoms with Crippen LogP contribution in [0.2, 0.25) is 0 Å². The van der Waals surface area contributed by atoms with Gasteiger partial charge in [0, 0.05) is 6.61 Å². The summed E-state index contributed by atoms with van der Waals surface area (Å²) in [6, 6.07) is 0. The second kappa shape index (κ2) is 12.1. The van der Waals surface area contributed by atoms with E-state index in [1.165, 1.54) is 6.42 Å². The lowest BCUT2D eigenvalue weighted by Crippen LogP contribution is -2.24. The predicted molar refractivity (Wildman–Crippen MR) is 76.5 cm³/mol. The maximum atomic E-state index is 8.72. The summed E-state index contributed by atoms with van der Waals surface area (Å²) in [5, 5.41) is 8.72. The van der Waals surface area contributed by atoms with Gasteiger partial charge in [-0.3, -0.25) is 0 Å². The van der Waals surface area contributed by atoms with E-state index < -0.39 is 0 Å². The molecule has 1 fully saturated rings. The molecular formula is C15H26O5. The van der Waals surface area contributed by atoms with Crippen molar-refractivity contribution < 1.29 is 24.1 Å². The number of aliphatic hydroxyl groups is 1. The van der Waals surface area contributed by atoms with Crippen LogP contribution in [0, 0.1) is 0 Å².